The summed E-state index contributed by atoms with van der Waals surface area (Å²) >= 11 is 0. The Labute approximate surface area is 125 Å². The Morgan fingerprint density at radius 3 is 2.10 bits per heavy atom. The molecular formula is C17H24O4. The number of carbonyl (C=O) groups excluding carboxylic acids is 1. The predicted molar refractivity (Wildman–Crippen MR) is 79.6 cm³/mol. The van der Waals surface area contributed by atoms with Crippen LogP contribution in [0.1, 0.15) is 39.0 Å². The fourth-order valence-electron chi connectivity index (χ4n) is 4.64. The molecule has 0 aromatic rings. The van der Waals surface area contributed by atoms with Gasteiger partial charge in [0.1, 0.15) is 5.60 Å². The lowest BCUT2D eigenvalue weighted by molar-refractivity contribution is -0.200. The van der Waals surface area contributed by atoms with Gasteiger partial charge in [-0.2, -0.15) is 0 Å². The Kier molecular flexibility index (Phi) is 4.55. The van der Waals surface area contributed by atoms with Crippen LogP contribution in [0.3, 0.4) is 0 Å². The van der Waals surface area contributed by atoms with Crippen LogP contribution in [0.2, 0.25) is 0 Å². The molecule has 0 spiro atoms. The second-order valence-corrected chi connectivity index (χ2v) is 6.63. The van der Waals surface area contributed by atoms with Gasteiger partial charge in [-0.3, -0.25) is 0 Å². The summed E-state index contributed by atoms with van der Waals surface area (Å²) in [6, 6.07) is 0. The zero-order valence-electron chi connectivity index (χ0n) is 12.6. The van der Waals surface area contributed by atoms with Crippen molar-refractivity contribution in [2.75, 3.05) is 0 Å². The second-order valence-electron chi connectivity index (χ2n) is 6.63. The number of esters is 1. The van der Waals surface area contributed by atoms with Crippen LogP contribution in [0.4, 0.5) is 0 Å². The Morgan fingerprint density at radius 1 is 1.14 bits per heavy atom. The van der Waals surface area contributed by atoms with Crippen molar-refractivity contribution < 1.29 is 19.4 Å². The molecule has 4 bridgehead atoms. The Bertz CT molecular complexity index is 440. The SMILES string of the molecule is C=CC(=O)O.C=CC(=O)OC12CC3CC(CC(C3)C1C)C2. The molecule has 4 aliphatic rings. The van der Waals surface area contributed by atoms with Gasteiger partial charge in [0.2, 0.25) is 0 Å². The highest BCUT2D eigenvalue weighted by molar-refractivity contribution is 5.81. The molecule has 3 atom stereocenters. The van der Waals surface area contributed by atoms with Crippen LogP contribution in [0.5, 0.6) is 0 Å². The first-order valence-corrected chi connectivity index (χ1v) is 7.61. The van der Waals surface area contributed by atoms with Crippen LogP contribution in [-0.2, 0) is 14.3 Å². The summed E-state index contributed by atoms with van der Waals surface area (Å²) in [5, 5.41) is 7.60. The van der Waals surface area contributed by atoms with Crippen LogP contribution >= 0.6 is 0 Å². The largest absolute Gasteiger partial charge is 0.478 e. The normalized spacial score (nSPS) is 38.9. The molecule has 0 heterocycles. The fourth-order valence-corrected chi connectivity index (χ4v) is 4.64. The third-order valence-electron chi connectivity index (χ3n) is 5.39. The van der Waals surface area contributed by atoms with Gasteiger partial charge in [0.15, 0.2) is 0 Å². The van der Waals surface area contributed by atoms with Gasteiger partial charge in [-0.1, -0.05) is 20.1 Å². The highest BCUT2D eigenvalue weighted by atomic mass is 16.6. The van der Waals surface area contributed by atoms with E-state index < -0.39 is 5.97 Å². The maximum absolute atomic E-state index is 11.5. The van der Waals surface area contributed by atoms with Gasteiger partial charge in [0.25, 0.3) is 0 Å². The monoisotopic (exact) mass is 292 g/mol. The molecule has 116 valence electrons. The quantitative estimate of drug-likeness (QED) is 0.641. The fraction of sp³-hybridized carbons (Fsp3) is 0.647. The molecule has 0 saturated heterocycles. The van der Waals surface area contributed by atoms with Crippen LogP contribution < -0.4 is 0 Å². The number of carboxylic acids is 1. The van der Waals surface area contributed by atoms with Gasteiger partial charge in [0.05, 0.1) is 0 Å². The van der Waals surface area contributed by atoms with Gasteiger partial charge in [0, 0.05) is 12.2 Å². The summed E-state index contributed by atoms with van der Waals surface area (Å²) in [5.74, 6) is 1.75. The van der Waals surface area contributed by atoms with Crippen molar-refractivity contribution in [3.63, 3.8) is 0 Å². The van der Waals surface area contributed by atoms with E-state index in [-0.39, 0.29) is 11.6 Å². The number of rotatable bonds is 3. The van der Waals surface area contributed by atoms with Crippen molar-refractivity contribution in [1.29, 1.82) is 0 Å². The van der Waals surface area contributed by atoms with Gasteiger partial charge < -0.3 is 9.84 Å². The highest BCUT2D eigenvalue weighted by Gasteiger charge is 2.57. The van der Waals surface area contributed by atoms with Crippen LogP contribution in [0.25, 0.3) is 0 Å². The molecular weight excluding hydrogens is 268 g/mol. The zero-order chi connectivity index (χ0) is 15.6. The minimum absolute atomic E-state index is 0.139. The molecule has 4 heteroatoms. The summed E-state index contributed by atoms with van der Waals surface area (Å²) in [6.45, 7) is 8.75. The van der Waals surface area contributed by atoms with E-state index in [0.29, 0.717) is 5.92 Å². The summed E-state index contributed by atoms with van der Waals surface area (Å²) in [7, 11) is 0. The van der Waals surface area contributed by atoms with Gasteiger partial charge >= 0.3 is 11.9 Å². The minimum atomic E-state index is -0.981. The molecule has 21 heavy (non-hydrogen) atoms. The Balaban J connectivity index is 0.000000282. The molecule has 0 aliphatic heterocycles. The smallest absolute Gasteiger partial charge is 0.330 e. The van der Waals surface area contributed by atoms with Crippen LogP contribution in [0, 0.1) is 23.7 Å². The number of carboxylic acid groups (broad SMARTS) is 1. The first-order chi connectivity index (χ1) is 9.90. The van der Waals surface area contributed by atoms with Gasteiger partial charge in [-0.05, 0) is 55.8 Å². The molecule has 1 N–H and O–H groups in total. The maximum atomic E-state index is 11.5. The van der Waals surface area contributed by atoms with Crippen molar-refractivity contribution >= 4 is 11.9 Å². The summed E-state index contributed by atoms with van der Waals surface area (Å²) in [6.07, 6.45) is 8.44. The lowest BCUT2D eigenvalue weighted by Gasteiger charge is -2.59. The standard InChI is InChI=1S/C14H20O2.C3H4O2/c1-3-13(15)16-14-7-10-4-11(8-14)6-12(5-10)9(14)2;1-2-3(4)5/h3,9-12H,1,4-8H2,2H3;2H,1H2,(H,4,5). The second kappa shape index (κ2) is 6.04. The Morgan fingerprint density at radius 2 is 1.67 bits per heavy atom. The Hall–Kier alpha value is -1.58. The zero-order valence-corrected chi connectivity index (χ0v) is 12.6. The minimum Gasteiger partial charge on any atom is -0.478 e. The molecule has 4 aliphatic carbocycles. The topological polar surface area (TPSA) is 63.6 Å². The van der Waals surface area contributed by atoms with E-state index in [9.17, 15) is 9.59 Å². The number of ether oxygens (including phenoxy) is 1. The van der Waals surface area contributed by atoms with Gasteiger partial charge in [-0.25, -0.2) is 9.59 Å². The lowest BCUT2D eigenvalue weighted by Crippen LogP contribution is -2.58. The van der Waals surface area contributed by atoms with Crippen molar-refractivity contribution in [3.8, 4) is 0 Å². The summed E-state index contributed by atoms with van der Waals surface area (Å²) in [5.41, 5.74) is -0.139. The molecule has 0 aromatic heterocycles. The molecule has 4 saturated carbocycles. The molecule has 4 fully saturated rings. The predicted octanol–water partition coefficient (Wildman–Crippen LogP) is 3.19. The molecule has 0 amide bonds. The summed E-state index contributed by atoms with van der Waals surface area (Å²) < 4.78 is 5.76. The molecule has 4 rings (SSSR count). The first kappa shape index (κ1) is 15.8. The molecule has 3 unspecified atom stereocenters. The van der Waals surface area contributed by atoms with Crippen molar-refractivity contribution in [2.45, 2.75) is 44.6 Å². The van der Waals surface area contributed by atoms with Gasteiger partial charge in [-0.15, -0.1) is 0 Å². The van der Waals surface area contributed by atoms with E-state index in [2.05, 4.69) is 20.1 Å². The average Bonchev–Trinajstić information content (AvgIpc) is 2.44. The van der Waals surface area contributed by atoms with E-state index in [1.807, 2.05) is 0 Å². The summed E-state index contributed by atoms with van der Waals surface area (Å²) in [4.78, 5) is 20.8. The van der Waals surface area contributed by atoms with Crippen molar-refractivity contribution in [2.24, 2.45) is 23.7 Å². The third-order valence-corrected chi connectivity index (χ3v) is 5.39. The van der Waals surface area contributed by atoms with E-state index in [1.165, 1.54) is 25.3 Å². The number of aliphatic carboxylic acids is 1. The van der Waals surface area contributed by atoms with Crippen molar-refractivity contribution in [3.05, 3.63) is 25.3 Å². The van der Waals surface area contributed by atoms with E-state index >= 15 is 0 Å². The highest BCUT2D eigenvalue weighted by Crippen LogP contribution is 2.59. The van der Waals surface area contributed by atoms with Crippen LogP contribution in [0.15, 0.2) is 25.3 Å². The van der Waals surface area contributed by atoms with E-state index in [1.54, 1.807) is 0 Å². The number of carbonyl (C=O) groups is 2. The van der Waals surface area contributed by atoms with Crippen molar-refractivity contribution in [1.82, 2.24) is 0 Å². The first-order valence-electron chi connectivity index (χ1n) is 7.61. The number of hydrogen-bond acceptors (Lipinski definition) is 3. The molecule has 0 aromatic carbocycles. The van der Waals surface area contributed by atoms with E-state index in [0.717, 1.165) is 36.7 Å². The lowest BCUT2D eigenvalue weighted by atomic mass is 9.50. The number of hydrogen-bond donors (Lipinski definition) is 1. The van der Waals surface area contributed by atoms with E-state index in [4.69, 9.17) is 9.84 Å². The molecule has 4 nitrogen and oxygen atoms in total. The van der Waals surface area contributed by atoms with Crippen LogP contribution in [-0.4, -0.2) is 22.6 Å². The third kappa shape index (κ3) is 3.20. The average molecular weight is 292 g/mol. The maximum Gasteiger partial charge on any atom is 0.330 e. The molecule has 0 radical (unpaired) electrons.